The van der Waals surface area contributed by atoms with Gasteiger partial charge in [0.1, 0.15) is 5.75 Å². The lowest BCUT2D eigenvalue weighted by Gasteiger charge is -2.40. The molecule has 2 N–H and O–H groups in total. The minimum absolute atomic E-state index is 0.104. The fraction of sp³-hybridized carbons (Fsp3) is 0.357. The number of methoxy groups -OCH3 is 1. The van der Waals surface area contributed by atoms with Crippen LogP contribution in [0.3, 0.4) is 0 Å². The van der Waals surface area contributed by atoms with E-state index in [0.29, 0.717) is 11.3 Å². The Morgan fingerprint density at radius 1 is 1.09 bits per heavy atom. The van der Waals surface area contributed by atoms with Crippen molar-refractivity contribution in [1.82, 2.24) is 15.3 Å². The first-order valence-electron chi connectivity index (χ1n) is 6.52. The minimum Gasteiger partial charge on any atom is -0.497 e. The number of ether oxygens (including phenoxy) is 1. The number of rotatable bonds is 4. The van der Waals surface area contributed by atoms with Crippen LogP contribution in [0.5, 0.6) is 5.75 Å². The highest BCUT2D eigenvalue weighted by Crippen LogP contribution is 2.25. The second-order valence-corrected chi connectivity index (χ2v) is 5.05. The van der Waals surface area contributed by atoms with E-state index in [4.69, 9.17) is 4.74 Å². The number of barbiturate groups is 1. The molecule has 0 atom stereocenters. The Labute approximate surface area is 127 Å². The van der Waals surface area contributed by atoms with Crippen molar-refractivity contribution in [2.24, 2.45) is 0 Å². The summed E-state index contributed by atoms with van der Waals surface area (Å²) in [6.07, 6.45) is -0.104. The van der Waals surface area contributed by atoms with Gasteiger partial charge in [-0.15, -0.1) is 0 Å². The van der Waals surface area contributed by atoms with E-state index < -0.39 is 23.4 Å². The molecule has 4 amide bonds. The Kier molecular flexibility index (Phi) is 4.16. The lowest BCUT2D eigenvalue weighted by Crippen LogP contribution is -2.72. The van der Waals surface area contributed by atoms with Crippen molar-refractivity contribution in [1.29, 1.82) is 0 Å². The molecule has 1 aliphatic heterocycles. The van der Waals surface area contributed by atoms with Crippen molar-refractivity contribution in [3.8, 4) is 5.75 Å². The van der Waals surface area contributed by atoms with Crippen LogP contribution in [0.4, 0.5) is 4.79 Å². The number of nitrogens with one attached hydrogen (secondary N) is 1. The monoisotopic (exact) mass is 307 g/mol. The molecule has 8 heteroatoms. The van der Waals surface area contributed by atoms with Gasteiger partial charge in [-0.25, -0.2) is 4.79 Å². The number of carbonyl (C=O) groups excluding carboxylic acids is 3. The van der Waals surface area contributed by atoms with Crippen LogP contribution in [-0.4, -0.2) is 59.6 Å². The van der Waals surface area contributed by atoms with E-state index in [1.807, 2.05) is 5.48 Å². The molecule has 0 spiro atoms. The molecule has 1 aromatic rings. The lowest BCUT2D eigenvalue weighted by molar-refractivity contribution is -0.158. The summed E-state index contributed by atoms with van der Waals surface area (Å²) in [7, 11) is 4.04. The van der Waals surface area contributed by atoms with Crippen molar-refractivity contribution in [2.75, 3.05) is 21.2 Å². The van der Waals surface area contributed by atoms with E-state index in [2.05, 4.69) is 0 Å². The van der Waals surface area contributed by atoms with E-state index in [1.165, 1.54) is 21.2 Å². The molecule has 0 radical (unpaired) electrons. The molecule has 0 aliphatic carbocycles. The molecule has 1 saturated heterocycles. The summed E-state index contributed by atoms with van der Waals surface area (Å²) in [6.45, 7) is 0. The van der Waals surface area contributed by atoms with Gasteiger partial charge in [-0.05, 0) is 17.7 Å². The number of hydroxylamine groups is 1. The number of benzene rings is 1. The number of carbonyl (C=O) groups is 3. The maximum atomic E-state index is 12.4. The predicted octanol–water partition coefficient (Wildman–Crippen LogP) is 0.00570. The van der Waals surface area contributed by atoms with Crippen molar-refractivity contribution in [3.63, 3.8) is 0 Å². The highest BCUT2D eigenvalue weighted by molar-refractivity contribution is 6.22. The Bertz CT molecular complexity index is 589. The Morgan fingerprint density at radius 3 is 2.00 bits per heavy atom. The Balaban J connectivity index is 2.39. The van der Waals surface area contributed by atoms with Gasteiger partial charge in [0.05, 0.1) is 7.11 Å². The zero-order chi connectivity index (χ0) is 16.5. The van der Waals surface area contributed by atoms with Crippen LogP contribution in [0.25, 0.3) is 0 Å². The fourth-order valence-electron chi connectivity index (χ4n) is 2.40. The number of hydrogen-bond acceptors (Lipinski definition) is 6. The molecule has 1 fully saturated rings. The summed E-state index contributed by atoms with van der Waals surface area (Å²) in [4.78, 5) is 38.1. The van der Waals surface area contributed by atoms with Gasteiger partial charge in [0.25, 0.3) is 11.8 Å². The summed E-state index contributed by atoms with van der Waals surface area (Å²) in [5, 5.41) is 9.49. The molecule has 0 saturated carbocycles. The first-order valence-corrected chi connectivity index (χ1v) is 6.52. The molecule has 1 aliphatic rings. The second-order valence-electron chi connectivity index (χ2n) is 5.05. The molecule has 1 heterocycles. The van der Waals surface area contributed by atoms with Gasteiger partial charge < -0.3 is 9.94 Å². The quantitative estimate of drug-likeness (QED) is 0.600. The molecule has 118 valence electrons. The van der Waals surface area contributed by atoms with Crippen molar-refractivity contribution < 1.29 is 24.3 Å². The maximum Gasteiger partial charge on any atom is 0.332 e. The van der Waals surface area contributed by atoms with E-state index in [1.54, 1.807) is 24.3 Å². The SMILES string of the molecule is COc1ccc(CC2(NO)C(=O)N(C)C(=O)N(C)C2=O)cc1. The standard InChI is InChI=1S/C14H17N3O5/c1-16-11(18)14(15-21,12(19)17(2)13(16)20)8-9-4-6-10(22-3)7-5-9/h4-7,15,21H,8H2,1-3H3. The fourth-order valence-corrected chi connectivity index (χ4v) is 2.40. The second kappa shape index (κ2) is 5.74. The molecule has 22 heavy (non-hydrogen) atoms. The maximum absolute atomic E-state index is 12.4. The van der Waals surface area contributed by atoms with Gasteiger partial charge in [0.15, 0.2) is 0 Å². The average molecular weight is 307 g/mol. The highest BCUT2D eigenvalue weighted by atomic mass is 16.5. The van der Waals surface area contributed by atoms with Crippen LogP contribution in [-0.2, 0) is 16.0 Å². The predicted molar refractivity (Wildman–Crippen MR) is 75.3 cm³/mol. The highest BCUT2D eigenvalue weighted by Gasteiger charge is 2.55. The van der Waals surface area contributed by atoms with Crippen molar-refractivity contribution >= 4 is 17.8 Å². The largest absolute Gasteiger partial charge is 0.497 e. The third-order valence-corrected chi connectivity index (χ3v) is 3.73. The van der Waals surface area contributed by atoms with E-state index in [0.717, 1.165) is 9.80 Å². The van der Waals surface area contributed by atoms with Crippen molar-refractivity contribution in [3.05, 3.63) is 29.8 Å². The number of urea groups is 1. The molecular formula is C14H17N3O5. The average Bonchev–Trinajstić information content (AvgIpc) is 2.56. The summed E-state index contributed by atoms with van der Waals surface area (Å²) < 4.78 is 5.04. The molecule has 1 aromatic carbocycles. The molecule has 0 unspecified atom stereocenters. The Morgan fingerprint density at radius 2 is 1.59 bits per heavy atom. The normalized spacial score (nSPS) is 17.9. The zero-order valence-electron chi connectivity index (χ0n) is 12.5. The number of likely N-dealkylation sites (N-methyl/N-ethyl adjacent to an activating group) is 2. The number of imide groups is 2. The minimum atomic E-state index is -1.92. The number of nitrogens with zero attached hydrogens (tertiary/aromatic N) is 2. The van der Waals surface area contributed by atoms with Crippen LogP contribution in [0.1, 0.15) is 5.56 Å². The lowest BCUT2D eigenvalue weighted by atomic mass is 9.87. The van der Waals surface area contributed by atoms with Crippen LogP contribution >= 0.6 is 0 Å². The van der Waals surface area contributed by atoms with Crippen molar-refractivity contribution in [2.45, 2.75) is 12.0 Å². The summed E-state index contributed by atoms with van der Waals surface area (Å²) in [6, 6.07) is 5.97. The first kappa shape index (κ1) is 15.9. The van der Waals surface area contributed by atoms with E-state index in [9.17, 15) is 19.6 Å². The van der Waals surface area contributed by atoms with Crippen LogP contribution < -0.4 is 10.2 Å². The molecule has 0 aromatic heterocycles. The molecule has 8 nitrogen and oxygen atoms in total. The van der Waals surface area contributed by atoms with Gasteiger partial charge in [0, 0.05) is 20.5 Å². The first-order chi connectivity index (χ1) is 10.4. The third kappa shape index (κ3) is 2.32. The van der Waals surface area contributed by atoms with Gasteiger partial charge in [0.2, 0.25) is 5.54 Å². The van der Waals surface area contributed by atoms with Gasteiger partial charge in [-0.1, -0.05) is 12.1 Å². The summed E-state index contributed by atoms with van der Waals surface area (Å²) in [5.41, 5.74) is 0.510. The van der Waals surface area contributed by atoms with Gasteiger partial charge >= 0.3 is 6.03 Å². The number of hydrogen-bond donors (Lipinski definition) is 2. The summed E-state index contributed by atoms with van der Waals surface area (Å²) in [5.74, 6) is -0.988. The Hall–Kier alpha value is -2.45. The summed E-state index contributed by atoms with van der Waals surface area (Å²) >= 11 is 0. The molecule has 2 rings (SSSR count). The van der Waals surface area contributed by atoms with Crippen LogP contribution in [0.2, 0.25) is 0 Å². The van der Waals surface area contributed by atoms with Gasteiger partial charge in [-0.3, -0.25) is 19.4 Å². The van der Waals surface area contributed by atoms with Crippen LogP contribution in [0, 0.1) is 0 Å². The van der Waals surface area contributed by atoms with E-state index >= 15 is 0 Å². The molecular weight excluding hydrogens is 290 g/mol. The smallest absolute Gasteiger partial charge is 0.332 e. The van der Waals surface area contributed by atoms with Gasteiger partial charge in [-0.2, -0.15) is 5.48 Å². The molecule has 0 bridgehead atoms. The van der Waals surface area contributed by atoms with Crippen LogP contribution in [0.15, 0.2) is 24.3 Å². The van der Waals surface area contributed by atoms with E-state index in [-0.39, 0.29) is 6.42 Å². The number of amides is 4. The topological polar surface area (TPSA) is 99.2 Å². The zero-order valence-corrected chi connectivity index (χ0v) is 12.5. The third-order valence-electron chi connectivity index (χ3n) is 3.73.